The summed E-state index contributed by atoms with van der Waals surface area (Å²) in [7, 11) is 0. The highest BCUT2D eigenvalue weighted by molar-refractivity contribution is 5.06. The van der Waals surface area contributed by atoms with Gasteiger partial charge in [-0.2, -0.15) is 0 Å². The second kappa shape index (κ2) is 6.05. The Labute approximate surface area is 103 Å². The molecule has 2 heterocycles. The van der Waals surface area contributed by atoms with E-state index >= 15 is 0 Å². The lowest BCUT2D eigenvalue weighted by atomic mass is 10.1. The van der Waals surface area contributed by atoms with E-state index in [4.69, 9.17) is 5.73 Å². The van der Waals surface area contributed by atoms with Crippen LogP contribution in [0.15, 0.2) is 18.6 Å². The molecule has 0 amide bonds. The summed E-state index contributed by atoms with van der Waals surface area (Å²) in [5.41, 5.74) is 6.92. The summed E-state index contributed by atoms with van der Waals surface area (Å²) in [6.07, 6.45) is 3.38. The van der Waals surface area contributed by atoms with E-state index in [1.54, 1.807) is 12.5 Å². The molecule has 17 heavy (non-hydrogen) atoms. The number of rotatable bonds is 4. The van der Waals surface area contributed by atoms with Crippen LogP contribution in [-0.4, -0.2) is 59.0 Å². The molecule has 2 N–H and O–H groups in total. The maximum absolute atomic E-state index is 5.89. The Morgan fingerprint density at radius 3 is 2.65 bits per heavy atom. The summed E-state index contributed by atoms with van der Waals surface area (Å²) in [5.74, 6) is 0. The smallest absolute Gasteiger partial charge is 0.115 e. The fourth-order valence-electron chi connectivity index (χ4n) is 2.35. The number of nitrogens with two attached hydrogens (primary N) is 1. The van der Waals surface area contributed by atoms with Crippen LogP contribution in [0.1, 0.15) is 18.7 Å². The van der Waals surface area contributed by atoms with Crippen molar-refractivity contribution in [3.8, 4) is 0 Å². The molecule has 1 aromatic rings. The quantitative estimate of drug-likeness (QED) is 0.803. The number of likely N-dealkylation sites (N-methyl/N-ethyl adjacent to an activating group) is 1. The molecule has 1 aliphatic heterocycles. The van der Waals surface area contributed by atoms with Crippen LogP contribution >= 0.6 is 0 Å². The Hall–Kier alpha value is -1.04. The number of hydrogen-bond acceptors (Lipinski definition) is 5. The standard InChI is InChI=1S/C12H21N5/c1-2-16-5-7-17(8-6-16)12(9-13)11-3-4-14-10-15-11/h3-4,10,12H,2,5-9,13H2,1H3. The zero-order valence-electron chi connectivity index (χ0n) is 10.4. The van der Waals surface area contributed by atoms with Crippen molar-refractivity contribution < 1.29 is 0 Å². The van der Waals surface area contributed by atoms with E-state index in [9.17, 15) is 0 Å². The normalized spacial score (nSPS) is 20.4. The van der Waals surface area contributed by atoms with Gasteiger partial charge in [0.2, 0.25) is 0 Å². The van der Waals surface area contributed by atoms with Gasteiger partial charge in [0, 0.05) is 38.9 Å². The second-order valence-electron chi connectivity index (χ2n) is 4.36. The molecular weight excluding hydrogens is 214 g/mol. The van der Waals surface area contributed by atoms with Crippen LogP contribution < -0.4 is 5.73 Å². The highest BCUT2D eigenvalue weighted by Crippen LogP contribution is 2.18. The molecule has 0 spiro atoms. The minimum absolute atomic E-state index is 0.233. The Bertz CT molecular complexity index is 321. The van der Waals surface area contributed by atoms with Gasteiger partial charge < -0.3 is 10.6 Å². The Morgan fingerprint density at radius 1 is 1.35 bits per heavy atom. The SMILES string of the molecule is CCN1CCN(C(CN)c2ccncn2)CC1. The van der Waals surface area contributed by atoms with E-state index < -0.39 is 0 Å². The molecule has 0 saturated carbocycles. The number of hydrogen-bond donors (Lipinski definition) is 1. The molecule has 0 radical (unpaired) electrons. The largest absolute Gasteiger partial charge is 0.329 e. The van der Waals surface area contributed by atoms with Gasteiger partial charge in [0.15, 0.2) is 0 Å². The number of nitrogens with zero attached hydrogens (tertiary/aromatic N) is 4. The van der Waals surface area contributed by atoms with Crippen molar-refractivity contribution in [3.63, 3.8) is 0 Å². The zero-order chi connectivity index (χ0) is 12.1. The van der Waals surface area contributed by atoms with Crippen molar-refractivity contribution in [2.24, 2.45) is 5.73 Å². The third-order valence-electron chi connectivity index (χ3n) is 3.46. The van der Waals surface area contributed by atoms with Crippen LogP contribution in [0.25, 0.3) is 0 Å². The van der Waals surface area contributed by atoms with Crippen LogP contribution in [0, 0.1) is 0 Å². The maximum Gasteiger partial charge on any atom is 0.115 e. The first kappa shape index (κ1) is 12.4. The van der Waals surface area contributed by atoms with Gasteiger partial charge in [-0.1, -0.05) is 6.92 Å². The molecular formula is C12H21N5. The average Bonchev–Trinajstić information content (AvgIpc) is 2.42. The minimum Gasteiger partial charge on any atom is -0.329 e. The fourth-order valence-corrected chi connectivity index (χ4v) is 2.35. The Kier molecular flexibility index (Phi) is 4.42. The van der Waals surface area contributed by atoms with Crippen LogP contribution in [0.5, 0.6) is 0 Å². The molecule has 5 nitrogen and oxygen atoms in total. The zero-order valence-corrected chi connectivity index (χ0v) is 10.4. The van der Waals surface area contributed by atoms with Gasteiger partial charge in [-0.15, -0.1) is 0 Å². The molecule has 2 rings (SSSR count). The van der Waals surface area contributed by atoms with Crippen LogP contribution in [0.2, 0.25) is 0 Å². The van der Waals surface area contributed by atoms with Crippen LogP contribution in [-0.2, 0) is 0 Å². The van der Waals surface area contributed by atoms with Gasteiger partial charge in [-0.25, -0.2) is 9.97 Å². The van der Waals surface area contributed by atoms with Gasteiger partial charge in [-0.3, -0.25) is 4.90 Å². The lowest BCUT2D eigenvalue weighted by Crippen LogP contribution is -2.48. The summed E-state index contributed by atoms with van der Waals surface area (Å²) in [4.78, 5) is 13.2. The first-order chi connectivity index (χ1) is 8.35. The topological polar surface area (TPSA) is 58.3 Å². The molecule has 1 unspecified atom stereocenters. The predicted octanol–water partition coefficient (Wildman–Crippen LogP) is 0.114. The van der Waals surface area contributed by atoms with Gasteiger partial charge >= 0.3 is 0 Å². The van der Waals surface area contributed by atoms with Crippen LogP contribution in [0.4, 0.5) is 0 Å². The van der Waals surface area contributed by atoms with Gasteiger partial charge in [-0.05, 0) is 12.6 Å². The summed E-state index contributed by atoms with van der Waals surface area (Å²) in [6, 6.07) is 2.20. The second-order valence-corrected chi connectivity index (χ2v) is 4.36. The van der Waals surface area contributed by atoms with E-state index in [1.165, 1.54) is 0 Å². The third kappa shape index (κ3) is 3.00. The number of aromatic nitrogens is 2. The van der Waals surface area contributed by atoms with Crippen molar-refractivity contribution >= 4 is 0 Å². The Balaban J connectivity index is 2.00. The summed E-state index contributed by atoms with van der Waals surface area (Å²) >= 11 is 0. The lowest BCUT2D eigenvalue weighted by Gasteiger charge is -2.38. The van der Waals surface area contributed by atoms with Crippen molar-refractivity contribution in [2.45, 2.75) is 13.0 Å². The molecule has 1 aromatic heterocycles. The first-order valence-electron chi connectivity index (χ1n) is 6.27. The average molecular weight is 235 g/mol. The van der Waals surface area contributed by atoms with E-state index in [0.29, 0.717) is 6.54 Å². The van der Waals surface area contributed by atoms with Crippen molar-refractivity contribution in [1.29, 1.82) is 0 Å². The number of piperazine rings is 1. The minimum atomic E-state index is 0.233. The summed E-state index contributed by atoms with van der Waals surface area (Å²) in [5, 5.41) is 0. The van der Waals surface area contributed by atoms with Crippen molar-refractivity contribution in [2.75, 3.05) is 39.3 Å². The summed E-state index contributed by atoms with van der Waals surface area (Å²) in [6.45, 7) is 8.34. The van der Waals surface area contributed by atoms with E-state index in [-0.39, 0.29) is 6.04 Å². The maximum atomic E-state index is 5.89. The fraction of sp³-hybridized carbons (Fsp3) is 0.667. The first-order valence-corrected chi connectivity index (χ1v) is 6.27. The van der Waals surface area contributed by atoms with Crippen LogP contribution in [0.3, 0.4) is 0 Å². The molecule has 0 aliphatic carbocycles. The monoisotopic (exact) mass is 235 g/mol. The summed E-state index contributed by atoms with van der Waals surface area (Å²) < 4.78 is 0. The Morgan fingerprint density at radius 2 is 2.12 bits per heavy atom. The van der Waals surface area contributed by atoms with E-state index in [0.717, 1.165) is 38.4 Å². The van der Waals surface area contributed by atoms with E-state index in [1.807, 2.05) is 6.07 Å². The van der Waals surface area contributed by atoms with Crippen molar-refractivity contribution in [1.82, 2.24) is 19.8 Å². The van der Waals surface area contributed by atoms with Crippen molar-refractivity contribution in [3.05, 3.63) is 24.3 Å². The third-order valence-corrected chi connectivity index (χ3v) is 3.46. The molecule has 0 aromatic carbocycles. The highest BCUT2D eigenvalue weighted by Gasteiger charge is 2.24. The molecule has 0 bridgehead atoms. The molecule has 1 atom stereocenters. The molecule has 94 valence electrons. The van der Waals surface area contributed by atoms with E-state index in [2.05, 4.69) is 26.7 Å². The molecule has 5 heteroatoms. The predicted molar refractivity (Wildman–Crippen MR) is 67.5 cm³/mol. The molecule has 1 saturated heterocycles. The van der Waals surface area contributed by atoms with Gasteiger partial charge in [0.25, 0.3) is 0 Å². The van der Waals surface area contributed by atoms with Gasteiger partial charge in [0.1, 0.15) is 6.33 Å². The lowest BCUT2D eigenvalue weighted by molar-refractivity contribution is 0.100. The van der Waals surface area contributed by atoms with Gasteiger partial charge in [0.05, 0.1) is 11.7 Å². The highest BCUT2D eigenvalue weighted by atomic mass is 15.3. The molecule has 1 aliphatic rings. The molecule has 1 fully saturated rings.